The molecule has 0 aliphatic carbocycles. The lowest BCUT2D eigenvalue weighted by molar-refractivity contribution is -0.131. The van der Waals surface area contributed by atoms with Crippen LogP contribution in [0.15, 0.2) is 24.3 Å². The van der Waals surface area contributed by atoms with Crippen molar-refractivity contribution < 1.29 is 4.79 Å². The summed E-state index contributed by atoms with van der Waals surface area (Å²) in [5.74, 6) is 2.28. The SMILES string of the molecule is CCSCC(C)N1C(=O)C(C)NC1c1cccc(C)c1. The maximum atomic E-state index is 12.4. The molecule has 0 aromatic heterocycles. The molecule has 2 rings (SSSR count). The van der Waals surface area contributed by atoms with Crippen molar-refractivity contribution in [2.24, 2.45) is 0 Å². The third-order valence-electron chi connectivity index (χ3n) is 3.71. The standard InChI is InChI=1S/C16H24N2OS/c1-5-20-10-12(3)18-15(17-13(4)16(18)19)14-8-6-7-11(2)9-14/h6-9,12-13,15,17H,5,10H2,1-4H3. The van der Waals surface area contributed by atoms with E-state index in [1.807, 2.05) is 23.6 Å². The van der Waals surface area contributed by atoms with Gasteiger partial charge in [-0.1, -0.05) is 36.8 Å². The lowest BCUT2D eigenvalue weighted by Gasteiger charge is -2.30. The maximum absolute atomic E-state index is 12.4. The number of thioether (sulfide) groups is 1. The van der Waals surface area contributed by atoms with E-state index < -0.39 is 0 Å². The summed E-state index contributed by atoms with van der Waals surface area (Å²) in [6, 6.07) is 8.55. The molecule has 0 radical (unpaired) electrons. The second kappa shape index (κ2) is 6.64. The minimum absolute atomic E-state index is 0.00450. The quantitative estimate of drug-likeness (QED) is 0.905. The third kappa shape index (κ3) is 3.18. The minimum atomic E-state index is -0.102. The minimum Gasteiger partial charge on any atom is -0.318 e. The Labute approximate surface area is 126 Å². The molecule has 1 aliphatic rings. The van der Waals surface area contributed by atoms with Crippen LogP contribution in [0.4, 0.5) is 0 Å². The number of carbonyl (C=O) groups is 1. The summed E-state index contributed by atoms with van der Waals surface area (Å²) < 4.78 is 0. The summed E-state index contributed by atoms with van der Waals surface area (Å²) in [6.07, 6.45) is 0.00450. The van der Waals surface area contributed by atoms with Crippen molar-refractivity contribution in [3.63, 3.8) is 0 Å². The topological polar surface area (TPSA) is 32.3 Å². The molecule has 0 bridgehead atoms. The molecule has 3 unspecified atom stereocenters. The van der Waals surface area contributed by atoms with Crippen molar-refractivity contribution in [1.82, 2.24) is 10.2 Å². The molecule has 0 spiro atoms. The van der Waals surface area contributed by atoms with Crippen LogP contribution >= 0.6 is 11.8 Å². The summed E-state index contributed by atoms with van der Waals surface area (Å²) in [4.78, 5) is 14.4. The number of benzene rings is 1. The van der Waals surface area contributed by atoms with Gasteiger partial charge in [0.1, 0.15) is 6.17 Å². The van der Waals surface area contributed by atoms with Crippen molar-refractivity contribution in [3.8, 4) is 0 Å². The van der Waals surface area contributed by atoms with E-state index in [1.54, 1.807) is 0 Å². The highest BCUT2D eigenvalue weighted by Crippen LogP contribution is 2.29. The lowest BCUT2D eigenvalue weighted by atomic mass is 10.1. The predicted molar refractivity (Wildman–Crippen MR) is 85.8 cm³/mol. The molecule has 0 saturated carbocycles. The molecular weight excluding hydrogens is 268 g/mol. The summed E-state index contributed by atoms with van der Waals surface area (Å²) in [7, 11) is 0. The van der Waals surface area contributed by atoms with E-state index in [0.717, 1.165) is 11.5 Å². The Kier molecular flexibility index (Phi) is 5.11. The number of hydrogen-bond donors (Lipinski definition) is 1. The first-order valence-electron chi connectivity index (χ1n) is 7.27. The largest absolute Gasteiger partial charge is 0.318 e. The van der Waals surface area contributed by atoms with Crippen molar-refractivity contribution in [1.29, 1.82) is 0 Å². The van der Waals surface area contributed by atoms with Gasteiger partial charge < -0.3 is 4.90 Å². The number of hydrogen-bond acceptors (Lipinski definition) is 3. The van der Waals surface area contributed by atoms with Crippen LogP contribution in [0.1, 0.15) is 38.1 Å². The Hall–Kier alpha value is -1.00. The van der Waals surface area contributed by atoms with Gasteiger partial charge in [0.15, 0.2) is 0 Å². The van der Waals surface area contributed by atoms with Crippen molar-refractivity contribution in [2.75, 3.05) is 11.5 Å². The Balaban J connectivity index is 2.23. The monoisotopic (exact) mass is 292 g/mol. The van der Waals surface area contributed by atoms with E-state index >= 15 is 0 Å². The Morgan fingerprint density at radius 2 is 2.20 bits per heavy atom. The molecule has 1 fully saturated rings. The van der Waals surface area contributed by atoms with Crippen LogP contribution in [-0.2, 0) is 4.79 Å². The lowest BCUT2D eigenvalue weighted by Crippen LogP contribution is -2.39. The average Bonchev–Trinajstić information content (AvgIpc) is 2.72. The molecule has 1 amide bonds. The molecule has 3 nitrogen and oxygen atoms in total. The van der Waals surface area contributed by atoms with Crippen LogP contribution in [0.25, 0.3) is 0 Å². The van der Waals surface area contributed by atoms with Crippen LogP contribution in [0.3, 0.4) is 0 Å². The normalized spacial score (nSPS) is 24.2. The Bertz CT molecular complexity index is 477. The van der Waals surface area contributed by atoms with Crippen LogP contribution in [0, 0.1) is 6.92 Å². The third-order valence-corrected chi connectivity index (χ3v) is 4.83. The van der Waals surface area contributed by atoms with Gasteiger partial charge in [0.25, 0.3) is 0 Å². The van der Waals surface area contributed by atoms with Crippen molar-refractivity contribution >= 4 is 17.7 Å². The highest BCUT2D eigenvalue weighted by atomic mass is 32.2. The van der Waals surface area contributed by atoms with Gasteiger partial charge in [0.2, 0.25) is 5.91 Å². The number of nitrogens with one attached hydrogen (secondary N) is 1. The van der Waals surface area contributed by atoms with Crippen LogP contribution in [-0.4, -0.2) is 34.4 Å². The first-order chi connectivity index (χ1) is 9.54. The van der Waals surface area contributed by atoms with E-state index in [-0.39, 0.29) is 24.2 Å². The zero-order valence-corrected chi connectivity index (χ0v) is 13.5. The fourth-order valence-corrected chi connectivity index (χ4v) is 3.41. The molecule has 20 heavy (non-hydrogen) atoms. The molecule has 1 aliphatic heterocycles. The summed E-state index contributed by atoms with van der Waals surface area (Å²) in [5.41, 5.74) is 2.41. The molecular formula is C16H24N2OS. The first kappa shape index (κ1) is 15.4. The van der Waals surface area contributed by atoms with Crippen LogP contribution in [0.2, 0.25) is 0 Å². The number of aryl methyl sites for hydroxylation is 1. The molecule has 4 heteroatoms. The fourth-order valence-electron chi connectivity index (χ4n) is 2.68. The van der Waals surface area contributed by atoms with E-state index in [1.165, 1.54) is 11.1 Å². The number of amides is 1. The predicted octanol–water partition coefficient (Wildman–Crippen LogP) is 2.96. The zero-order valence-electron chi connectivity index (χ0n) is 12.7. The maximum Gasteiger partial charge on any atom is 0.241 e. The highest BCUT2D eigenvalue weighted by molar-refractivity contribution is 7.99. The fraction of sp³-hybridized carbons (Fsp3) is 0.562. The van der Waals surface area contributed by atoms with Gasteiger partial charge in [-0.05, 0) is 32.1 Å². The smallest absolute Gasteiger partial charge is 0.241 e. The summed E-state index contributed by atoms with van der Waals surface area (Å²) >= 11 is 1.89. The molecule has 1 saturated heterocycles. The van der Waals surface area contributed by atoms with Gasteiger partial charge >= 0.3 is 0 Å². The molecule has 3 atom stereocenters. The molecule has 1 aromatic rings. The van der Waals surface area contributed by atoms with Gasteiger partial charge in [-0.25, -0.2) is 0 Å². The van der Waals surface area contributed by atoms with Crippen LogP contribution in [0.5, 0.6) is 0 Å². The number of carbonyl (C=O) groups excluding carboxylic acids is 1. The first-order valence-corrected chi connectivity index (χ1v) is 8.42. The number of nitrogens with zero attached hydrogens (tertiary/aromatic N) is 1. The average molecular weight is 292 g/mol. The molecule has 110 valence electrons. The van der Waals surface area contributed by atoms with Crippen LogP contribution < -0.4 is 5.32 Å². The summed E-state index contributed by atoms with van der Waals surface area (Å²) in [5, 5.41) is 3.42. The van der Waals surface area contributed by atoms with Crippen molar-refractivity contribution in [3.05, 3.63) is 35.4 Å². The Morgan fingerprint density at radius 3 is 2.85 bits per heavy atom. The Morgan fingerprint density at radius 1 is 1.45 bits per heavy atom. The second-order valence-corrected chi connectivity index (χ2v) is 6.78. The molecule has 1 N–H and O–H groups in total. The second-order valence-electron chi connectivity index (χ2n) is 5.46. The molecule has 1 aromatic carbocycles. The number of rotatable bonds is 5. The van der Waals surface area contributed by atoms with Gasteiger partial charge in [-0.15, -0.1) is 0 Å². The van der Waals surface area contributed by atoms with Gasteiger partial charge in [0, 0.05) is 11.8 Å². The van der Waals surface area contributed by atoms with Gasteiger partial charge in [0.05, 0.1) is 6.04 Å². The van der Waals surface area contributed by atoms with E-state index in [2.05, 4.69) is 50.4 Å². The van der Waals surface area contributed by atoms with Gasteiger partial charge in [-0.2, -0.15) is 11.8 Å². The zero-order chi connectivity index (χ0) is 14.7. The van der Waals surface area contributed by atoms with Gasteiger partial charge in [-0.3, -0.25) is 10.1 Å². The van der Waals surface area contributed by atoms with E-state index in [9.17, 15) is 4.79 Å². The van der Waals surface area contributed by atoms with E-state index in [0.29, 0.717) is 0 Å². The summed E-state index contributed by atoms with van der Waals surface area (Å²) in [6.45, 7) is 8.33. The highest BCUT2D eigenvalue weighted by Gasteiger charge is 2.39. The van der Waals surface area contributed by atoms with Crippen molar-refractivity contribution in [2.45, 2.75) is 45.9 Å². The van der Waals surface area contributed by atoms with E-state index in [4.69, 9.17) is 0 Å². The molecule has 1 heterocycles.